The Kier molecular flexibility index (Phi) is 3.58. The highest BCUT2D eigenvalue weighted by atomic mass is 32.1. The van der Waals surface area contributed by atoms with E-state index in [1.807, 2.05) is 27.6 Å². The van der Waals surface area contributed by atoms with Crippen LogP contribution in [-0.4, -0.2) is 26.2 Å². The topological polar surface area (TPSA) is 34.0 Å². The van der Waals surface area contributed by atoms with E-state index in [1.54, 1.807) is 0 Å². The summed E-state index contributed by atoms with van der Waals surface area (Å²) in [5, 5.41) is 5.54. The van der Waals surface area contributed by atoms with E-state index in [4.69, 9.17) is 17.2 Å². The molecule has 1 aliphatic heterocycles. The van der Waals surface area contributed by atoms with E-state index in [9.17, 15) is 0 Å². The van der Waals surface area contributed by atoms with Gasteiger partial charge in [-0.2, -0.15) is 5.10 Å². The predicted octanol–water partition coefficient (Wildman–Crippen LogP) is 4.08. The number of para-hydroxylation sites is 1. The van der Waals surface area contributed by atoms with Gasteiger partial charge in [0.25, 0.3) is 0 Å². The summed E-state index contributed by atoms with van der Waals surface area (Å²) in [6.07, 6.45) is 2.37. The molecule has 1 atom stereocenters. The Hall–Kier alpha value is -1.15. The summed E-state index contributed by atoms with van der Waals surface area (Å²) >= 11 is 8.63. The third-order valence-electron chi connectivity index (χ3n) is 3.83. The van der Waals surface area contributed by atoms with Crippen LogP contribution >= 0.6 is 34.9 Å². The first-order chi connectivity index (χ1) is 10.3. The van der Waals surface area contributed by atoms with Gasteiger partial charge in [0.05, 0.1) is 22.9 Å². The summed E-state index contributed by atoms with van der Waals surface area (Å²) in [4.78, 5) is 7.26. The molecule has 0 N–H and O–H groups in total. The number of benzene rings is 1. The van der Waals surface area contributed by atoms with Crippen molar-refractivity contribution in [2.45, 2.75) is 25.6 Å². The molecule has 0 spiro atoms. The number of likely N-dealkylation sites (tertiary alicyclic amines) is 1. The van der Waals surface area contributed by atoms with Crippen LogP contribution in [-0.2, 0) is 6.67 Å². The van der Waals surface area contributed by atoms with Gasteiger partial charge in [-0.15, -0.1) is 11.3 Å². The minimum Gasteiger partial charge on any atom is -0.275 e. The molecule has 4 nitrogen and oxygen atoms in total. The first-order valence-corrected chi connectivity index (χ1v) is 9.02. The smallest absolute Gasteiger partial charge is 0.180 e. The number of rotatable bonds is 3. The molecular formula is C14H14N4S3. The minimum atomic E-state index is 0.394. The van der Waals surface area contributed by atoms with E-state index in [0.717, 1.165) is 29.1 Å². The van der Waals surface area contributed by atoms with Crippen molar-refractivity contribution in [1.82, 2.24) is 19.7 Å². The maximum atomic E-state index is 5.31. The van der Waals surface area contributed by atoms with Crippen LogP contribution in [0, 0.1) is 3.95 Å². The summed E-state index contributed by atoms with van der Waals surface area (Å²) < 4.78 is 4.01. The Morgan fingerprint density at radius 1 is 1.33 bits per heavy atom. The SMILES string of the molecule is S=c1scnn1CN1CCC[C@H]1c1nc2ccccc2s1. The van der Waals surface area contributed by atoms with Crippen LogP contribution in [0.2, 0.25) is 0 Å². The number of hydrogen-bond acceptors (Lipinski definition) is 6. The highest BCUT2D eigenvalue weighted by Gasteiger charge is 2.29. The van der Waals surface area contributed by atoms with Crippen molar-refractivity contribution in [3.8, 4) is 0 Å². The van der Waals surface area contributed by atoms with Gasteiger partial charge in [-0.05, 0) is 37.2 Å². The number of fused-ring (bicyclic) bond motifs is 1. The Labute approximate surface area is 135 Å². The average Bonchev–Trinajstić information content (AvgIpc) is 3.19. The summed E-state index contributed by atoms with van der Waals surface area (Å²) in [7, 11) is 0. The zero-order valence-electron chi connectivity index (χ0n) is 11.3. The normalized spacial score (nSPS) is 19.5. The largest absolute Gasteiger partial charge is 0.275 e. The number of thiazole rings is 1. The van der Waals surface area contributed by atoms with Gasteiger partial charge in [-0.25, -0.2) is 9.67 Å². The molecule has 1 aromatic carbocycles. The zero-order valence-corrected chi connectivity index (χ0v) is 13.8. The molecule has 0 amide bonds. The fourth-order valence-corrected chi connectivity index (χ4v) is 4.66. The van der Waals surface area contributed by atoms with Gasteiger partial charge in [0, 0.05) is 6.54 Å². The van der Waals surface area contributed by atoms with Crippen molar-refractivity contribution in [1.29, 1.82) is 0 Å². The molecular weight excluding hydrogens is 320 g/mol. The van der Waals surface area contributed by atoms with Crippen molar-refractivity contribution in [2.24, 2.45) is 0 Å². The second-order valence-corrected chi connectivity index (χ2v) is 7.68. The maximum absolute atomic E-state index is 5.31. The van der Waals surface area contributed by atoms with Crippen LogP contribution in [0.15, 0.2) is 29.8 Å². The fraction of sp³-hybridized carbons (Fsp3) is 0.357. The van der Waals surface area contributed by atoms with Gasteiger partial charge in [-0.3, -0.25) is 4.90 Å². The monoisotopic (exact) mass is 334 g/mol. The van der Waals surface area contributed by atoms with E-state index in [0.29, 0.717) is 6.04 Å². The summed E-state index contributed by atoms with van der Waals surface area (Å²) in [6.45, 7) is 1.85. The molecule has 0 aliphatic carbocycles. The lowest BCUT2D eigenvalue weighted by Gasteiger charge is -2.22. The number of nitrogens with zero attached hydrogens (tertiary/aromatic N) is 4. The zero-order chi connectivity index (χ0) is 14.2. The molecule has 1 fully saturated rings. The van der Waals surface area contributed by atoms with Crippen molar-refractivity contribution in [3.05, 3.63) is 38.7 Å². The van der Waals surface area contributed by atoms with Crippen LogP contribution < -0.4 is 0 Å². The van der Waals surface area contributed by atoms with Crippen LogP contribution in [0.4, 0.5) is 0 Å². The molecule has 0 radical (unpaired) electrons. The van der Waals surface area contributed by atoms with Crippen molar-refractivity contribution < 1.29 is 0 Å². The Morgan fingerprint density at radius 3 is 3.05 bits per heavy atom. The van der Waals surface area contributed by atoms with E-state index >= 15 is 0 Å². The number of aromatic nitrogens is 3. The van der Waals surface area contributed by atoms with Gasteiger partial charge < -0.3 is 0 Å². The predicted molar refractivity (Wildman–Crippen MR) is 89.2 cm³/mol. The second-order valence-electron chi connectivity index (χ2n) is 5.14. The highest BCUT2D eigenvalue weighted by molar-refractivity contribution is 7.73. The van der Waals surface area contributed by atoms with Crippen molar-refractivity contribution in [3.63, 3.8) is 0 Å². The summed E-state index contributed by atoms with van der Waals surface area (Å²) in [6, 6.07) is 8.75. The minimum absolute atomic E-state index is 0.394. The molecule has 1 saturated heterocycles. The van der Waals surface area contributed by atoms with E-state index < -0.39 is 0 Å². The van der Waals surface area contributed by atoms with E-state index in [1.165, 1.54) is 27.5 Å². The van der Waals surface area contributed by atoms with Crippen LogP contribution in [0.25, 0.3) is 10.2 Å². The molecule has 3 heterocycles. The Morgan fingerprint density at radius 2 is 2.24 bits per heavy atom. The number of hydrogen-bond donors (Lipinski definition) is 0. The molecule has 2 aromatic heterocycles. The van der Waals surface area contributed by atoms with Crippen molar-refractivity contribution >= 4 is 45.1 Å². The molecule has 3 aromatic rings. The lowest BCUT2D eigenvalue weighted by molar-refractivity contribution is 0.190. The van der Waals surface area contributed by atoms with Crippen LogP contribution in [0.5, 0.6) is 0 Å². The molecule has 21 heavy (non-hydrogen) atoms. The molecule has 1 aliphatic rings. The van der Waals surface area contributed by atoms with Gasteiger partial charge in [0.2, 0.25) is 0 Å². The maximum Gasteiger partial charge on any atom is 0.180 e. The quantitative estimate of drug-likeness (QED) is 0.676. The van der Waals surface area contributed by atoms with Crippen molar-refractivity contribution in [2.75, 3.05) is 6.54 Å². The molecule has 0 saturated carbocycles. The van der Waals surface area contributed by atoms with Gasteiger partial charge in [-0.1, -0.05) is 23.5 Å². The standard InChI is InChI=1S/C14H14N4S3/c19-14-18(15-8-20-14)9-17-7-3-5-11(17)13-16-10-4-1-2-6-12(10)21-13/h1-2,4,6,8,11H,3,5,7,9H2/t11-/m0/s1. The third kappa shape index (κ3) is 2.55. The van der Waals surface area contributed by atoms with Gasteiger partial charge in [0.15, 0.2) is 3.95 Å². The third-order valence-corrected chi connectivity index (χ3v) is 6.07. The van der Waals surface area contributed by atoms with E-state index in [-0.39, 0.29) is 0 Å². The molecule has 7 heteroatoms. The molecule has 108 valence electrons. The fourth-order valence-electron chi connectivity index (χ4n) is 2.81. The molecule has 4 rings (SSSR count). The average molecular weight is 334 g/mol. The highest BCUT2D eigenvalue weighted by Crippen LogP contribution is 2.36. The van der Waals surface area contributed by atoms with Gasteiger partial charge in [0.1, 0.15) is 10.5 Å². The summed E-state index contributed by atoms with van der Waals surface area (Å²) in [5.41, 5.74) is 2.92. The lowest BCUT2D eigenvalue weighted by Crippen LogP contribution is -2.26. The molecule has 0 unspecified atom stereocenters. The van der Waals surface area contributed by atoms with E-state index in [2.05, 4.69) is 28.2 Å². The Bertz CT molecular complexity index is 786. The Balaban J connectivity index is 1.63. The first kappa shape index (κ1) is 13.5. The summed E-state index contributed by atoms with van der Waals surface area (Å²) in [5.74, 6) is 0. The van der Waals surface area contributed by atoms with Gasteiger partial charge >= 0.3 is 0 Å². The lowest BCUT2D eigenvalue weighted by atomic mass is 10.2. The molecule has 0 bridgehead atoms. The second kappa shape index (κ2) is 5.57. The van der Waals surface area contributed by atoms with Crippen LogP contribution in [0.3, 0.4) is 0 Å². The first-order valence-electron chi connectivity index (χ1n) is 6.91. The van der Waals surface area contributed by atoms with Crippen LogP contribution in [0.1, 0.15) is 23.9 Å².